The molecule has 1 aliphatic rings. The van der Waals surface area contributed by atoms with E-state index >= 15 is 0 Å². The predicted octanol–water partition coefficient (Wildman–Crippen LogP) is -2.76. The first-order valence-electron chi connectivity index (χ1n) is 9.64. The maximum absolute atomic E-state index is 11.9. The van der Waals surface area contributed by atoms with E-state index in [2.05, 4.69) is 14.8 Å². The minimum absolute atomic E-state index is 0. The predicted molar refractivity (Wildman–Crippen MR) is 117 cm³/mol. The van der Waals surface area contributed by atoms with E-state index in [0.717, 1.165) is 5.03 Å². The van der Waals surface area contributed by atoms with Crippen LogP contribution in [0.25, 0.3) is 0 Å². The molecular weight excluding hydrogens is 521 g/mol. The van der Waals surface area contributed by atoms with Crippen molar-refractivity contribution in [2.75, 3.05) is 19.8 Å². The SMILES string of the molecule is CC(CC([O-])=NCCOCCC(=O)ON1C(=O)CC(S(=O)(=O)O)C1=O)SSc1ccccn1.[Na+]. The fourth-order valence-corrected chi connectivity index (χ4v) is 5.13. The smallest absolute Gasteiger partial charge is 0.862 e. The number of amides is 2. The zero-order valence-corrected chi connectivity index (χ0v) is 22.9. The van der Waals surface area contributed by atoms with Crippen LogP contribution < -0.4 is 34.7 Å². The average molecular weight is 544 g/mol. The Labute approximate surface area is 226 Å². The number of hydrogen-bond donors (Lipinski definition) is 1. The van der Waals surface area contributed by atoms with Crippen molar-refractivity contribution in [3.63, 3.8) is 0 Å². The maximum Gasteiger partial charge on any atom is 1.00 e. The molecule has 0 aromatic carbocycles. The molecule has 1 saturated heterocycles. The number of hydrogen-bond acceptors (Lipinski definition) is 12. The van der Waals surface area contributed by atoms with Crippen LogP contribution in [-0.4, -0.2) is 77.0 Å². The fourth-order valence-electron chi connectivity index (χ4n) is 2.42. The van der Waals surface area contributed by atoms with Crippen LogP contribution in [0.3, 0.4) is 0 Å². The van der Waals surface area contributed by atoms with Crippen molar-refractivity contribution in [2.45, 2.75) is 41.7 Å². The number of aliphatic imine (C=N–C) groups is 1. The summed E-state index contributed by atoms with van der Waals surface area (Å²) in [5, 5.41) is 10.8. The summed E-state index contributed by atoms with van der Waals surface area (Å²) < 4.78 is 36.2. The molecule has 1 aromatic rings. The molecular formula is C18H22N3NaO9S3. The summed E-state index contributed by atoms with van der Waals surface area (Å²) in [7, 11) is -1.79. The average Bonchev–Trinajstić information content (AvgIpc) is 3.04. The van der Waals surface area contributed by atoms with Gasteiger partial charge in [0.2, 0.25) is 0 Å². The molecule has 2 heterocycles. The van der Waals surface area contributed by atoms with E-state index in [0.29, 0.717) is 0 Å². The molecule has 0 saturated carbocycles. The van der Waals surface area contributed by atoms with Gasteiger partial charge in [-0.15, -0.1) is 5.06 Å². The molecule has 1 aliphatic heterocycles. The van der Waals surface area contributed by atoms with Gasteiger partial charge >= 0.3 is 35.5 Å². The second-order valence-electron chi connectivity index (χ2n) is 6.70. The van der Waals surface area contributed by atoms with Crippen LogP contribution in [0.5, 0.6) is 0 Å². The van der Waals surface area contributed by atoms with Crippen molar-refractivity contribution in [1.29, 1.82) is 0 Å². The normalized spacial score (nSPS) is 17.4. The fraction of sp³-hybridized carbons (Fsp3) is 0.500. The van der Waals surface area contributed by atoms with E-state index in [1.807, 2.05) is 25.1 Å². The number of imide groups is 1. The summed E-state index contributed by atoms with van der Waals surface area (Å²) in [6.45, 7) is 1.94. The molecule has 16 heteroatoms. The second-order valence-corrected chi connectivity index (χ2v) is 11.0. The molecule has 1 fully saturated rings. The molecule has 2 unspecified atom stereocenters. The van der Waals surface area contributed by atoms with Crippen LogP contribution in [0.4, 0.5) is 0 Å². The summed E-state index contributed by atoms with van der Waals surface area (Å²) in [6, 6.07) is 5.58. The van der Waals surface area contributed by atoms with Gasteiger partial charge in [-0.2, -0.15) is 8.42 Å². The molecule has 0 radical (unpaired) electrons. The Morgan fingerprint density at radius 3 is 2.74 bits per heavy atom. The van der Waals surface area contributed by atoms with Crippen LogP contribution in [0.15, 0.2) is 34.4 Å². The van der Waals surface area contributed by atoms with E-state index in [4.69, 9.17) is 9.29 Å². The largest absolute Gasteiger partial charge is 1.00 e. The number of rotatable bonds is 13. The first-order chi connectivity index (χ1) is 15.6. The number of hydroxylamine groups is 2. The van der Waals surface area contributed by atoms with E-state index in [1.54, 1.807) is 6.20 Å². The summed E-state index contributed by atoms with van der Waals surface area (Å²) in [4.78, 5) is 47.7. The molecule has 12 nitrogen and oxygen atoms in total. The molecule has 0 bridgehead atoms. The van der Waals surface area contributed by atoms with Crippen molar-refractivity contribution in [2.24, 2.45) is 4.99 Å². The van der Waals surface area contributed by atoms with Crippen molar-refractivity contribution in [1.82, 2.24) is 10.0 Å². The van der Waals surface area contributed by atoms with Crippen molar-refractivity contribution >= 4 is 55.4 Å². The molecule has 1 N–H and O–H groups in total. The third kappa shape index (κ3) is 10.6. The molecule has 2 rings (SSSR count). The van der Waals surface area contributed by atoms with Gasteiger partial charge in [0.05, 0.1) is 32.6 Å². The zero-order valence-electron chi connectivity index (χ0n) is 18.5. The van der Waals surface area contributed by atoms with Crippen LogP contribution >= 0.6 is 21.6 Å². The Kier molecular flexibility index (Phi) is 13.6. The van der Waals surface area contributed by atoms with Gasteiger partial charge in [-0.3, -0.25) is 14.1 Å². The summed E-state index contributed by atoms with van der Waals surface area (Å²) in [5.74, 6) is -3.67. The zero-order chi connectivity index (χ0) is 24.4. The minimum Gasteiger partial charge on any atom is -0.862 e. The van der Waals surface area contributed by atoms with Gasteiger partial charge in [-0.05, 0) is 35.2 Å². The van der Waals surface area contributed by atoms with E-state index < -0.39 is 39.6 Å². The Bertz CT molecular complexity index is 979. The quantitative estimate of drug-likeness (QED) is 0.0517. The van der Waals surface area contributed by atoms with E-state index in [-0.39, 0.29) is 78.4 Å². The summed E-state index contributed by atoms with van der Waals surface area (Å²) in [5.41, 5.74) is 0. The Hall–Kier alpha value is -1.20. The van der Waals surface area contributed by atoms with Crippen LogP contribution in [-0.2, 0) is 34.1 Å². The molecule has 2 amide bonds. The van der Waals surface area contributed by atoms with Crippen LogP contribution in [0.2, 0.25) is 0 Å². The van der Waals surface area contributed by atoms with Gasteiger partial charge < -0.3 is 19.7 Å². The second kappa shape index (κ2) is 15.0. The first kappa shape index (κ1) is 30.8. The Morgan fingerprint density at radius 1 is 1.38 bits per heavy atom. The number of aromatic nitrogens is 1. The summed E-state index contributed by atoms with van der Waals surface area (Å²) >= 11 is 0. The molecule has 0 aliphatic carbocycles. The third-order valence-electron chi connectivity index (χ3n) is 3.99. The van der Waals surface area contributed by atoms with E-state index in [1.165, 1.54) is 21.6 Å². The van der Waals surface area contributed by atoms with Gasteiger partial charge in [0, 0.05) is 11.4 Å². The van der Waals surface area contributed by atoms with Crippen LogP contribution in [0.1, 0.15) is 26.2 Å². The third-order valence-corrected chi connectivity index (χ3v) is 7.86. The number of carbonyl (C=O) groups is 3. The van der Waals surface area contributed by atoms with Gasteiger partial charge in [0.25, 0.3) is 21.9 Å². The molecule has 2 atom stereocenters. The first-order valence-corrected chi connectivity index (χ1v) is 13.4. The molecule has 0 spiro atoms. The standard InChI is InChI=1S/C18H23N3O9S3.Na/c1-12(31-32-15-4-2-3-6-20-15)10-14(22)19-7-9-29-8-5-17(24)30-21-16(23)11-13(18(21)25)33(26,27)28;/h2-4,6,12-13H,5,7-11H2,1H3,(H,19,22)(H,26,27,28);/q;+1/p-1. The number of pyridine rings is 1. The van der Waals surface area contributed by atoms with Gasteiger partial charge in [0.1, 0.15) is 5.03 Å². The number of carbonyl (C=O) groups excluding carboxylic acids is 3. The number of ether oxygens (including phenoxy) is 1. The van der Waals surface area contributed by atoms with Crippen LogP contribution in [0, 0.1) is 0 Å². The van der Waals surface area contributed by atoms with Gasteiger partial charge in [-0.25, -0.2) is 9.78 Å². The minimum atomic E-state index is -4.78. The van der Waals surface area contributed by atoms with Crippen molar-refractivity contribution in [3.05, 3.63) is 24.4 Å². The molecule has 34 heavy (non-hydrogen) atoms. The maximum atomic E-state index is 11.9. The topological polar surface area (TPSA) is 176 Å². The monoisotopic (exact) mass is 543 g/mol. The van der Waals surface area contributed by atoms with Crippen molar-refractivity contribution in [3.8, 4) is 0 Å². The van der Waals surface area contributed by atoms with Crippen molar-refractivity contribution < 1.29 is 71.6 Å². The molecule has 1 aromatic heterocycles. The number of nitrogens with zero attached hydrogens (tertiary/aromatic N) is 3. The Morgan fingerprint density at radius 2 is 2.12 bits per heavy atom. The van der Waals surface area contributed by atoms with Gasteiger partial charge in [0.15, 0.2) is 5.25 Å². The summed E-state index contributed by atoms with van der Waals surface area (Å²) in [6.07, 6.45) is 0.799. The molecule has 182 valence electrons. The van der Waals surface area contributed by atoms with Gasteiger partial charge in [-0.1, -0.05) is 23.8 Å². The van der Waals surface area contributed by atoms with E-state index in [9.17, 15) is 27.9 Å². The Balaban J connectivity index is 0.00000578.